The SMILES string of the molecule is CCc1c(N2CCN(C(=O)CNC(=O)c3ccns3)CC2)c(=O)n2nc(C3=CCOCC3)nc2n1CC(=O)Nc1ccc(C(F)(F)F)cc1Cl. The predicted octanol–water partition coefficient (Wildman–Crippen LogP) is 3.10. The quantitative estimate of drug-likeness (QED) is 0.264. The minimum atomic E-state index is -4.61. The van der Waals surface area contributed by atoms with Crippen molar-refractivity contribution in [2.45, 2.75) is 32.5 Å². The summed E-state index contributed by atoms with van der Waals surface area (Å²) in [6.07, 6.45) is -0.463. The molecular weight excluding hydrogens is 703 g/mol. The summed E-state index contributed by atoms with van der Waals surface area (Å²) in [7, 11) is 0. The molecule has 3 aromatic heterocycles. The second-order valence-electron chi connectivity index (χ2n) is 11.4. The zero-order valence-electron chi connectivity index (χ0n) is 26.6. The summed E-state index contributed by atoms with van der Waals surface area (Å²) in [5.74, 6) is -0.884. The van der Waals surface area contributed by atoms with Gasteiger partial charge in [-0.15, -0.1) is 5.10 Å². The van der Waals surface area contributed by atoms with Gasteiger partial charge in [-0.05, 0) is 54.2 Å². The highest BCUT2D eigenvalue weighted by Gasteiger charge is 2.32. The van der Waals surface area contributed by atoms with E-state index in [1.165, 1.54) is 6.20 Å². The number of benzene rings is 1. The number of anilines is 2. The molecule has 14 nitrogen and oxygen atoms in total. The molecule has 2 aliphatic rings. The van der Waals surface area contributed by atoms with Gasteiger partial charge in [-0.2, -0.15) is 22.7 Å². The molecule has 4 aromatic rings. The average molecular weight is 734 g/mol. The average Bonchev–Trinajstić information content (AvgIpc) is 3.81. The van der Waals surface area contributed by atoms with Gasteiger partial charge >= 0.3 is 6.18 Å². The van der Waals surface area contributed by atoms with Crippen LogP contribution in [0.4, 0.5) is 24.5 Å². The number of hydrogen-bond donors (Lipinski definition) is 2. The van der Waals surface area contributed by atoms with E-state index < -0.39 is 29.1 Å². The fourth-order valence-corrected chi connectivity index (χ4v) is 6.53. The maximum Gasteiger partial charge on any atom is 0.416 e. The van der Waals surface area contributed by atoms with Gasteiger partial charge in [0.05, 0.1) is 41.7 Å². The minimum Gasteiger partial charge on any atom is -0.377 e. The van der Waals surface area contributed by atoms with Crippen LogP contribution < -0.4 is 21.1 Å². The van der Waals surface area contributed by atoms with Gasteiger partial charge in [0.1, 0.15) is 17.1 Å². The Hall–Kier alpha value is -4.81. The molecule has 1 saturated heterocycles. The molecule has 0 aliphatic carbocycles. The number of carbonyl (C=O) groups excluding carboxylic acids is 3. The van der Waals surface area contributed by atoms with E-state index in [9.17, 15) is 32.3 Å². The second kappa shape index (κ2) is 14.6. The van der Waals surface area contributed by atoms with Gasteiger partial charge in [0, 0.05) is 32.4 Å². The Morgan fingerprint density at radius 3 is 2.54 bits per heavy atom. The van der Waals surface area contributed by atoms with E-state index >= 15 is 0 Å². The lowest BCUT2D eigenvalue weighted by Crippen LogP contribution is -2.52. The Kier molecular flexibility index (Phi) is 10.2. The van der Waals surface area contributed by atoms with Gasteiger partial charge < -0.3 is 29.7 Å². The summed E-state index contributed by atoms with van der Waals surface area (Å²) in [6.45, 7) is 3.14. The number of piperazine rings is 1. The van der Waals surface area contributed by atoms with Crippen molar-refractivity contribution < 1.29 is 32.3 Å². The Balaban J connectivity index is 1.28. The monoisotopic (exact) mass is 733 g/mol. The largest absolute Gasteiger partial charge is 0.416 e. The summed E-state index contributed by atoms with van der Waals surface area (Å²) in [5, 5.41) is 9.41. The number of ether oxygens (including phenoxy) is 1. The third-order valence-corrected chi connectivity index (χ3v) is 9.35. The van der Waals surface area contributed by atoms with Gasteiger partial charge in [0.2, 0.25) is 17.6 Å². The molecule has 2 aliphatic heterocycles. The summed E-state index contributed by atoms with van der Waals surface area (Å²) < 4.78 is 51.5. The first-order valence-electron chi connectivity index (χ1n) is 15.6. The van der Waals surface area contributed by atoms with Gasteiger partial charge in [-0.1, -0.05) is 24.6 Å². The van der Waals surface area contributed by atoms with Crippen LogP contribution in [0.2, 0.25) is 5.02 Å². The number of rotatable bonds is 9. The van der Waals surface area contributed by atoms with E-state index in [1.54, 1.807) is 15.5 Å². The summed E-state index contributed by atoms with van der Waals surface area (Å²) in [4.78, 5) is 61.2. The van der Waals surface area contributed by atoms with Crippen LogP contribution in [0.3, 0.4) is 0 Å². The number of hydrogen-bond acceptors (Lipinski definition) is 10. The fourth-order valence-electron chi connectivity index (χ4n) is 5.79. The number of nitrogens with one attached hydrogen (secondary N) is 2. The van der Waals surface area contributed by atoms with Crippen molar-refractivity contribution in [2.75, 3.05) is 56.2 Å². The molecule has 0 saturated carbocycles. The van der Waals surface area contributed by atoms with E-state index in [0.717, 1.165) is 39.8 Å². The Bertz CT molecular complexity index is 2020. The molecule has 0 atom stereocenters. The van der Waals surface area contributed by atoms with E-state index in [4.69, 9.17) is 16.3 Å². The van der Waals surface area contributed by atoms with Gasteiger partial charge in [-0.25, -0.2) is 4.37 Å². The van der Waals surface area contributed by atoms with Crippen LogP contribution in [0.1, 0.15) is 40.1 Å². The predicted molar refractivity (Wildman–Crippen MR) is 178 cm³/mol. The van der Waals surface area contributed by atoms with E-state index in [0.29, 0.717) is 42.5 Å². The maximum absolute atomic E-state index is 14.1. The number of nitrogens with zero attached hydrogens (tertiary/aromatic N) is 7. The number of alkyl halides is 3. The van der Waals surface area contributed by atoms with Gasteiger partial charge in [-0.3, -0.25) is 19.2 Å². The summed E-state index contributed by atoms with van der Waals surface area (Å²) in [6, 6.07) is 4.19. The van der Waals surface area contributed by atoms with Gasteiger partial charge in [0.15, 0.2) is 5.82 Å². The van der Waals surface area contributed by atoms with Crippen LogP contribution in [0.25, 0.3) is 11.4 Å². The highest BCUT2D eigenvalue weighted by atomic mass is 35.5. The van der Waals surface area contributed by atoms with Crippen LogP contribution in [0.15, 0.2) is 41.3 Å². The van der Waals surface area contributed by atoms with Crippen molar-refractivity contribution in [1.29, 1.82) is 0 Å². The summed E-state index contributed by atoms with van der Waals surface area (Å²) >= 11 is 7.13. The number of amides is 3. The van der Waals surface area contributed by atoms with Crippen molar-refractivity contribution in [3.05, 3.63) is 73.9 Å². The maximum atomic E-state index is 14.1. The lowest BCUT2D eigenvalue weighted by molar-refractivity contribution is -0.137. The van der Waals surface area contributed by atoms with Crippen molar-refractivity contribution in [3.63, 3.8) is 0 Å². The molecule has 19 heteroatoms. The Labute approximate surface area is 291 Å². The molecular formula is C31H31ClF3N9O5S. The molecule has 264 valence electrons. The first kappa shape index (κ1) is 35.0. The smallest absolute Gasteiger partial charge is 0.377 e. The van der Waals surface area contributed by atoms with Crippen molar-refractivity contribution >= 4 is 63.6 Å². The number of carbonyl (C=O) groups is 3. The van der Waals surface area contributed by atoms with Crippen LogP contribution in [-0.4, -0.2) is 92.1 Å². The van der Waals surface area contributed by atoms with Crippen molar-refractivity contribution in [1.82, 2.24) is 33.8 Å². The highest BCUT2D eigenvalue weighted by Crippen LogP contribution is 2.34. The van der Waals surface area contributed by atoms with Crippen LogP contribution in [0.5, 0.6) is 0 Å². The molecule has 0 unspecified atom stereocenters. The number of aromatic nitrogens is 5. The van der Waals surface area contributed by atoms with Crippen molar-refractivity contribution in [2.24, 2.45) is 0 Å². The van der Waals surface area contributed by atoms with E-state index in [-0.39, 0.29) is 67.4 Å². The zero-order chi connectivity index (χ0) is 35.6. The van der Waals surface area contributed by atoms with Crippen LogP contribution in [-0.2, 0) is 33.5 Å². The number of halogens is 4. The van der Waals surface area contributed by atoms with Crippen LogP contribution >= 0.6 is 23.1 Å². The molecule has 1 fully saturated rings. The standard InChI is InChI=1S/C31H31ClF3N9O5S/c1-2-22-26(42-11-9-41(10-12-42)25(46)16-36-28(47)23-5-8-37-50-23)29(48)44-30(39-27(40-44)18-6-13-49-14-7-18)43(22)17-24(45)38-21-4-3-19(15-20(21)32)31(33,34)35/h3-6,8,15H,2,7,9-14,16-17H2,1H3,(H,36,47)(H,38,45). The molecule has 3 amide bonds. The molecule has 5 heterocycles. The molecule has 1 aromatic carbocycles. The third kappa shape index (κ3) is 7.36. The second-order valence-corrected chi connectivity index (χ2v) is 12.6. The number of fused-ring (bicyclic) bond motifs is 1. The lowest BCUT2D eigenvalue weighted by atomic mass is 10.1. The first-order valence-corrected chi connectivity index (χ1v) is 16.8. The van der Waals surface area contributed by atoms with Crippen molar-refractivity contribution in [3.8, 4) is 0 Å². The normalized spacial score (nSPS) is 15.3. The molecule has 0 bridgehead atoms. The first-order chi connectivity index (χ1) is 23.9. The highest BCUT2D eigenvalue weighted by molar-refractivity contribution is 7.08. The Morgan fingerprint density at radius 1 is 1.12 bits per heavy atom. The lowest BCUT2D eigenvalue weighted by Gasteiger charge is -2.36. The Morgan fingerprint density at radius 2 is 1.90 bits per heavy atom. The molecule has 2 N–H and O–H groups in total. The molecule has 6 rings (SSSR count). The molecule has 0 spiro atoms. The topological polar surface area (TPSA) is 156 Å². The molecule has 50 heavy (non-hydrogen) atoms. The van der Waals surface area contributed by atoms with Gasteiger partial charge in [0.25, 0.3) is 11.5 Å². The fraction of sp³-hybridized carbons (Fsp3) is 0.387. The molecule has 0 radical (unpaired) electrons. The van der Waals surface area contributed by atoms with E-state index in [1.807, 2.05) is 17.9 Å². The zero-order valence-corrected chi connectivity index (χ0v) is 28.2. The van der Waals surface area contributed by atoms with E-state index in [2.05, 4.69) is 25.1 Å². The minimum absolute atomic E-state index is 0.0152. The third-order valence-electron chi connectivity index (χ3n) is 8.29. The van der Waals surface area contributed by atoms with Crippen LogP contribution in [0, 0.1) is 0 Å². The summed E-state index contributed by atoms with van der Waals surface area (Å²) in [5.41, 5.74) is 0.111.